The first-order chi connectivity index (χ1) is 6.63. The lowest BCUT2D eigenvalue weighted by atomic mass is 10.2. The van der Waals surface area contributed by atoms with Crippen LogP contribution < -0.4 is 10.9 Å². The fourth-order valence-corrected chi connectivity index (χ4v) is 1.15. The van der Waals surface area contributed by atoms with Gasteiger partial charge in [0.1, 0.15) is 11.9 Å². The molecule has 0 aromatic rings. The maximum Gasteiger partial charge on any atom is 0.330 e. The van der Waals surface area contributed by atoms with Gasteiger partial charge in [0.05, 0.1) is 7.11 Å². The Labute approximate surface area is 81.7 Å². The number of hydrogen-bond donors (Lipinski definition) is 2. The first kappa shape index (κ1) is 10.5. The molecule has 1 aliphatic heterocycles. The molecule has 0 radical (unpaired) electrons. The smallest absolute Gasteiger partial charge is 0.330 e. The number of aliphatic imine (C=N–C) groups is 1. The molecule has 6 nitrogen and oxygen atoms in total. The highest BCUT2D eigenvalue weighted by molar-refractivity contribution is 5.90. The van der Waals surface area contributed by atoms with Gasteiger partial charge in [-0.25, -0.2) is 4.79 Å². The van der Waals surface area contributed by atoms with Crippen LogP contribution >= 0.6 is 0 Å². The standard InChI is InChI=1S/C8H13N3O3/c1-5(12)10-11-7-4-3-6(9-7)8(13)14-2/h6H,3-4H2,1-2H3,(H,9,11)(H,10,12)/t6-/m1/s1. The van der Waals surface area contributed by atoms with E-state index in [-0.39, 0.29) is 11.9 Å². The zero-order chi connectivity index (χ0) is 10.6. The minimum atomic E-state index is -0.434. The molecule has 0 saturated carbocycles. The second-order valence-electron chi connectivity index (χ2n) is 2.96. The number of ether oxygens (including phenoxy) is 1. The van der Waals surface area contributed by atoms with E-state index in [1.807, 2.05) is 0 Å². The first-order valence-corrected chi connectivity index (χ1v) is 4.30. The minimum Gasteiger partial charge on any atom is -0.467 e. The SMILES string of the molecule is COC(=O)[C@H]1CCC(NNC(C)=O)=N1. The van der Waals surface area contributed by atoms with Gasteiger partial charge in [0.25, 0.3) is 0 Å². The minimum absolute atomic E-state index is 0.200. The quantitative estimate of drug-likeness (QED) is 0.435. The van der Waals surface area contributed by atoms with Crippen molar-refractivity contribution < 1.29 is 14.3 Å². The molecular weight excluding hydrogens is 186 g/mol. The zero-order valence-corrected chi connectivity index (χ0v) is 8.16. The van der Waals surface area contributed by atoms with Crippen LogP contribution in [-0.2, 0) is 14.3 Å². The number of methoxy groups -OCH3 is 1. The van der Waals surface area contributed by atoms with E-state index in [9.17, 15) is 9.59 Å². The van der Waals surface area contributed by atoms with Gasteiger partial charge in [0, 0.05) is 13.3 Å². The average Bonchev–Trinajstić information content (AvgIpc) is 2.62. The van der Waals surface area contributed by atoms with Crippen molar-refractivity contribution in [1.82, 2.24) is 10.9 Å². The number of amides is 1. The molecule has 1 aliphatic rings. The molecule has 1 amide bonds. The number of hydrogen-bond acceptors (Lipinski definition) is 5. The molecule has 0 aromatic carbocycles. The van der Waals surface area contributed by atoms with Crippen molar-refractivity contribution in [2.75, 3.05) is 7.11 Å². The predicted molar refractivity (Wildman–Crippen MR) is 49.4 cm³/mol. The highest BCUT2D eigenvalue weighted by Gasteiger charge is 2.24. The first-order valence-electron chi connectivity index (χ1n) is 4.30. The van der Waals surface area contributed by atoms with Crippen LogP contribution in [0.3, 0.4) is 0 Å². The molecule has 6 heteroatoms. The maximum absolute atomic E-state index is 11.1. The summed E-state index contributed by atoms with van der Waals surface area (Å²) in [5, 5.41) is 0. The molecule has 2 N–H and O–H groups in total. The van der Waals surface area contributed by atoms with Crippen LogP contribution in [0.5, 0.6) is 0 Å². The molecule has 0 unspecified atom stereocenters. The molecule has 0 aromatic heterocycles. The molecule has 14 heavy (non-hydrogen) atoms. The number of nitrogens with one attached hydrogen (secondary N) is 2. The molecular formula is C8H13N3O3. The van der Waals surface area contributed by atoms with Crippen molar-refractivity contribution in [3.8, 4) is 0 Å². The average molecular weight is 199 g/mol. The second kappa shape index (κ2) is 4.59. The van der Waals surface area contributed by atoms with E-state index in [2.05, 4.69) is 20.6 Å². The number of hydrazine groups is 1. The van der Waals surface area contributed by atoms with E-state index in [0.717, 1.165) is 0 Å². The molecule has 1 heterocycles. The van der Waals surface area contributed by atoms with Crippen molar-refractivity contribution >= 4 is 17.7 Å². The van der Waals surface area contributed by atoms with Gasteiger partial charge in [-0.15, -0.1) is 0 Å². The monoisotopic (exact) mass is 199 g/mol. The third kappa shape index (κ3) is 2.72. The number of nitrogens with zero attached hydrogens (tertiary/aromatic N) is 1. The summed E-state index contributed by atoms with van der Waals surface area (Å²) in [7, 11) is 1.33. The van der Waals surface area contributed by atoms with Gasteiger partial charge in [0.2, 0.25) is 5.91 Å². The molecule has 1 atom stereocenters. The van der Waals surface area contributed by atoms with E-state index < -0.39 is 6.04 Å². The summed E-state index contributed by atoms with van der Waals surface area (Å²) in [6.07, 6.45) is 1.26. The highest BCUT2D eigenvalue weighted by atomic mass is 16.5. The predicted octanol–water partition coefficient (Wildman–Crippen LogP) is -0.639. The van der Waals surface area contributed by atoms with Gasteiger partial charge in [-0.2, -0.15) is 0 Å². The largest absolute Gasteiger partial charge is 0.467 e. The van der Waals surface area contributed by atoms with Gasteiger partial charge < -0.3 is 4.74 Å². The summed E-state index contributed by atoms with van der Waals surface area (Å²) in [6, 6.07) is -0.434. The lowest BCUT2D eigenvalue weighted by Gasteiger charge is -2.04. The van der Waals surface area contributed by atoms with Crippen LogP contribution in [0, 0.1) is 0 Å². The number of carbonyl (C=O) groups is 2. The van der Waals surface area contributed by atoms with Crippen LogP contribution in [0.4, 0.5) is 0 Å². The molecule has 0 bridgehead atoms. The molecule has 0 spiro atoms. The van der Waals surface area contributed by atoms with Crippen molar-refractivity contribution in [1.29, 1.82) is 0 Å². The summed E-state index contributed by atoms with van der Waals surface area (Å²) in [5.74, 6) is 0.0643. The summed E-state index contributed by atoms with van der Waals surface area (Å²) < 4.78 is 4.55. The normalized spacial score (nSPS) is 19.9. The molecule has 0 fully saturated rings. The number of carbonyl (C=O) groups excluding carboxylic acids is 2. The molecule has 78 valence electrons. The van der Waals surface area contributed by atoms with Crippen LogP contribution in [-0.4, -0.2) is 30.9 Å². The van der Waals surface area contributed by atoms with E-state index in [0.29, 0.717) is 18.7 Å². The fraction of sp³-hybridized carbons (Fsp3) is 0.625. The summed E-state index contributed by atoms with van der Waals surface area (Å²) in [4.78, 5) is 25.7. The Balaban J connectivity index is 2.42. The Hall–Kier alpha value is -1.59. The third-order valence-electron chi connectivity index (χ3n) is 1.82. The lowest BCUT2D eigenvalue weighted by Crippen LogP contribution is -2.39. The number of amidine groups is 1. The van der Waals surface area contributed by atoms with Crippen LogP contribution in [0.2, 0.25) is 0 Å². The van der Waals surface area contributed by atoms with Gasteiger partial charge in [0.15, 0.2) is 0 Å². The molecule has 0 aliphatic carbocycles. The van der Waals surface area contributed by atoms with E-state index >= 15 is 0 Å². The van der Waals surface area contributed by atoms with Crippen LogP contribution in [0.25, 0.3) is 0 Å². The summed E-state index contributed by atoms with van der Waals surface area (Å²) in [5.41, 5.74) is 5.03. The fourth-order valence-electron chi connectivity index (χ4n) is 1.15. The van der Waals surface area contributed by atoms with Gasteiger partial charge >= 0.3 is 5.97 Å². The second-order valence-corrected chi connectivity index (χ2v) is 2.96. The van der Waals surface area contributed by atoms with E-state index in [1.54, 1.807) is 0 Å². The Morgan fingerprint density at radius 3 is 2.86 bits per heavy atom. The number of esters is 1. The molecule has 0 saturated heterocycles. The maximum atomic E-state index is 11.1. The van der Waals surface area contributed by atoms with Crippen molar-refractivity contribution in [2.24, 2.45) is 4.99 Å². The topological polar surface area (TPSA) is 79.8 Å². The van der Waals surface area contributed by atoms with Crippen molar-refractivity contribution in [2.45, 2.75) is 25.8 Å². The lowest BCUT2D eigenvalue weighted by molar-refractivity contribution is -0.142. The van der Waals surface area contributed by atoms with Gasteiger partial charge in [-0.3, -0.25) is 20.6 Å². The van der Waals surface area contributed by atoms with Crippen molar-refractivity contribution in [3.63, 3.8) is 0 Å². The highest BCUT2D eigenvalue weighted by Crippen LogP contribution is 2.12. The van der Waals surface area contributed by atoms with Crippen molar-refractivity contribution in [3.05, 3.63) is 0 Å². The Kier molecular flexibility index (Phi) is 3.44. The molecule has 1 rings (SSSR count). The van der Waals surface area contributed by atoms with Crippen LogP contribution in [0.1, 0.15) is 19.8 Å². The van der Waals surface area contributed by atoms with E-state index in [1.165, 1.54) is 14.0 Å². The third-order valence-corrected chi connectivity index (χ3v) is 1.82. The Morgan fingerprint density at radius 1 is 1.57 bits per heavy atom. The van der Waals surface area contributed by atoms with Gasteiger partial charge in [-0.1, -0.05) is 0 Å². The summed E-state index contributed by atoms with van der Waals surface area (Å²) in [6.45, 7) is 1.39. The Morgan fingerprint density at radius 2 is 2.29 bits per heavy atom. The summed E-state index contributed by atoms with van der Waals surface area (Å²) >= 11 is 0. The zero-order valence-electron chi connectivity index (χ0n) is 8.16. The van der Waals surface area contributed by atoms with E-state index in [4.69, 9.17) is 0 Å². The van der Waals surface area contributed by atoms with Crippen LogP contribution in [0.15, 0.2) is 4.99 Å². The number of rotatable bonds is 1. The Bertz CT molecular complexity index is 275. The van der Waals surface area contributed by atoms with Gasteiger partial charge in [-0.05, 0) is 6.42 Å².